The monoisotopic (exact) mass is 386 g/mol. The number of rotatable bonds is 6. The van der Waals surface area contributed by atoms with Gasteiger partial charge < -0.3 is 15.3 Å². The Labute approximate surface area is 161 Å². The standard InChI is InChI=1S/C20H19ClN2O4/c21-16-6-1-2-7-17(16)23-12-15(11-18(23)24)19(25)22-9-8-13-4-3-5-14(10-13)20(26)27/h1-7,10,15H,8-9,11-12H2,(H,22,25)(H,26,27). The van der Waals surface area contributed by atoms with Crippen molar-refractivity contribution < 1.29 is 19.5 Å². The third-order valence-corrected chi connectivity index (χ3v) is 4.85. The maximum absolute atomic E-state index is 12.4. The van der Waals surface area contributed by atoms with Gasteiger partial charge in [-0.15, -0.1) is 0 Å². The smallest absolute Gasteiger partial charge is 0.335 e. The van der Waals surface area contributed by atoms with Crippen LogP contribution in [0, 0.1) is 5.92 Å². The number of amides is 2. The Hall–Kier alpha value is -2.86. The van der Waals surface area contributed by atoms with Gasteiger partial charge in [-0.25, -0.2) is 4.79 Å². The summed E-state index contributed by atoms with van der Waals surface area (Å²) in [7, 11) is 0. The highest BCUT2D eigenvalue weighted by molar-refractivity contribution is 6.33. The van der Waals surface area contributed by atoms with Gasteiger partial charge >= 0.3 is 5.97 Å². The molecule has 2 aromatic carbocycles. The van der Waals surface area contributed by atoms with Gasteiger partial charge in [0.1, 0.15) is 0 Å². The van der Waals surface area contributed by atoms with Gasteiger partial charge in [-0.05, 0) is 36.2 Å². The second kappa shape index (κ2) is 8.22. The van der Waals surface area contributed by atoms with E-state index in [4.69, 9.17) is 16.7 Å². The SMILES string of the molecule is O=C(O)c1cccc(CCNC(=O)C2CC(=O)N(c3ccccc3Cl)C2)c1. The molecule has 2 amide bonds. The molecule has 2 N–H and O–H groups in total. The molecule has 140 valence electrons. The minimum absolute atomic E-state index is 0.127. The predicted molar refractivity (Wildman–Crippen MR) is 102 cm³/mol. The van der Waals surface area contributed by atoms with Crippen molar-refractivity contribution in [1.29, 1.82) is 0 Å². The third-order valence-electron chi connectivity index (χ3n) is 4.53. The minimum Gasteiger partial charge on any atom is -0.478 e. The van der Waals surface area contributed by atoms with Gasteiger partial charge in [0.25, 0.3) is 0 Å². The number of carboxylic acid groups (broad SMARTS) is 1. The number of nitrogens with one attached hydrogen (secondary N) is 1. The third kappa shape index (κ3) is 4.46. The van der Waals surface area contributed by atoms with Crippen LogP contribution in [-0.4, -0.2) is 36.0 Å². The number of carbonyl (C=O) groups excluding carboxylic acids is 2. The van der Waals surface area contributed by atoms with E-state index in [1.807, 2.05) is 6.07 Å². The van der Waals surface area contributed by atoms with Crippen molar-refractivity contribution >= 4 is 35.1 Å². The average molecular weight is 387 g/mol. The van der Waals surface area contributed by atoms with Crippen LogP contribution in [0.4, 0.5) is 5.69 Å². The Morgan fingerprint density at radius 2 is 1.96 bits per heavy atom. The Morgan fingerprint density at radius 3 is 2.70 bits per heavy atom. The number of anilines is 1. The van der Waals surface area contributed by atoms with Gasteiger partial charge in [0, 0.05) is 19.5 Å². The first kappa shape index (κ1) is 18.9. The highest BCUT2D eigenvalue weighted by atomic mass is 35.5. The number of benzene rings is 2. The van der Waals surface area contributed by atoms with E-state index in [1.54, 1.807) is 41.3 Å². The van der Waals surface area contributed by atoms with Crippen LogP contribution < -0.4 is 10.2 Å². The van der Waals surface area contributed by atoms with Gasteiger partial charge in [0.05, 0.1) is 22.2 Å². The number of aromatic carboxylic acids is 1. The normalized spacial score (nSPS) is 16.4. The molecule has 1 heterocycles. The first-order valence-electron chi connectivity index (χ1n) is 8.60. The predicted octanol–water partition coefficient (Wildman–Crippen LogP) is 2.75. The van der Waals surface area contributed by atoms with Crippen molar-refractivity contribution in [3.8, 4) is 0 Å². The fourth-order valence-corrected chi connectivity index (χ4v) is 3.36. The summed E-state index contributed by atoms with van der Waals surface area (Å²) in [5, 5.41) is 12.3. The fourth-order valence-electron chi connectivity index (χ4n) is 3.12. The molecule has 1 unspecified atom stereocenters. The van der Waals surface area contributed by atoms with E-state index in [2.05, 4.69) is 5.32 Å². The van der Waals surface area contributed by atoms with E-state index in [-0.39, 0.29) is 23.8 Å². The van der Waals surface area contributed by atoms with E-state index < -0.39 is 11.9 Å². The van der Waals surface area contributed by atoms with Crippen LogP contribution in [0.1, 0.15) is 22.3 Å². The first-order chi connectivity index (χ1) is 13.0. The largest absolute Gasteiger partial charge is 0.478 e. The van der Waals surface area contributed by atoms with E-state index in [0.29, 0.717) is 30.2 Å². The summed E-state index contributed by atoms with van der Waals surface area (Å²) < 4.78 is 0. The van der Waals surface area contributed by atoms with Crippen LogP contribution in [0.3, 0.4) is 0 Å². The summed E-state index contributed by atoms with van der Waals surface area (Å²) in [5.41, 5.74) is 1.66. The number of hydrogen-bond donors (Lipinski definition) is 2. The van der Waals surface area contributed by atoms with Crippen LogP contribution in [0.25, 0.3) is 0 Å². The molecule has 0 aliphatic carbocycles. The average Bonchev–Trinajstić information content (AvgIpc) is 3.04. The van der Waals surface area contributed by atoms with Crippen LogP contribution >= 0.6 is 11.6 Å². The highest BCUT2D eigenvalue weighted by Gasteiger charge is 2.35. The van der Waals surface area contributed by atoms with E-state index in [9.17, 15) is 14.4 Å². The number of nitrogens with zero attached hydrogens (tertiary/aromatic N) is 1. The van der Waals surface area contributed by atoms with Crippen molar-refractivity contribution in [2.75, 3.05) is 18.0 Å². The number of carboxylic acids is 1. The molecular formula is C20H19ClN2O4. The Balaban J connectivity index is 1.55. The molecule has 1 fully saturated rings. The summed E-state index contributed by atoms with van der Waals surface area (Å²) in [5.74, 6) is -1.73. The molecule has 0 bridgehead atoms. The van der Waals surface area contributed by atoms with Crippen LogP contribution in [0.5, 0.6) is 0 Å². The van der Waals surface area contributed by atoms with Crippen molar-refractivity contribution in [2.45, 2.75) is 12.8 Å². The molecule has 1 saturated heterocycles. The Kier molecular flexibility index (Phi) is 5.76. The first-order valence-corrected chi connectivity index (χ1v) is 8.98. The molecule has 1 atom stereocenters. The quantitative estimate of drug-likeness (QED) is 0.799. The molecule has 0 spiro atoms. The van der Waals surface area contributed by atoms with Gasteiger partial charge in [0.2, 0.25) is 11.8 Å². The maximum Gasteiger partial charge on any atom is 0.335 e. The summed E-state index contributed by atoms with van der Waals surface area (Å²) in [4.78, 5) is 37.2. The Morgan fingerprint density at radius 1 is 1.19 bits per heavy atom. The lowest BCUT2D eigenvalue weighted by atomic mass is 10.1. The second-order valence-electron chi connectivity index (χ2n) is 6.40. The maximum atomic E-state index is 12.4. The lowest BCUT2D eigenvalue weighted by Crippen LogP contribution is -2.34. The molecule has 0 radical (unpaired) electrons. The molecule has 2 aromatic rings. The van der Waals surface area contributed by atoms with E-state index in [1.165, 1.54) is 6.07 Å². The lowest BCUT2D eigenvalue weighted by molar-refractivity contribution is -0.126. The zero-order chi connectivity index (χ0) is 19.4. The highest BCUT2D eigenvalue weighted by Crippen LogP contribution is 2.30. The molecule has 6 nitrogen and oxygen atoms in total. The second-order valence-corrected chi connectivity index (χ2v) is 6.81. The lowest BCUT2D eigenvalue weighted by Gasteiger charge is -2.18. The van der Waals surface area contributed by atoms with Crippen LogP contribution in [0.15, 0.2) is 48.5 Å². The van der Waals surface area contributed by atoms with Crippen molar-refractivity contribution in [3.05, 3.63) is 64.7 Å². The van der Waals surface area contributed by atoms with Gasteiger partial charge in [0.15, 0.2) is 0 Å². The topological polar surface area (TPSA) is 86.7 Å². The molecule has 0 saturated carbocycles. The molecule has 1 aliphatic rings. The fraction of sp³-hybridized carbons (Fsp3) is 0.250. The summed E-state index contributed by atoms with van der Waals surface area (Å²) in [6.45, 7) is 0.668. The number of carbonyl (C=O) groups is 3. The summed E-state index contributed by atoms with van der Waals surface area (Å²) in [6, 6.07) is 13.7. The Bertz CT molecular complexity index is 884. The molecule has 3 rings (SSSR count). The van der Waals surface area contributed by atoms with Crippen molar-refractivity contribution in [2.24, 2.45) is 5.92 Å². The molecule has 27 heavy (non-hydrogen) atoms. The van der Waals surface area contributed by atoms with E-state index in [0.717, 1.165) is 5.56 Å². The van der Waals surface area contributed by atoms with E-state index >= 15 is 0 Å². The van der Waals surface area contributed by atoms with Gasteiger partial charge in [-0.2, -0.15) is 0 Å². The molecule has 1 aliphatic heterocycles. The van der Waals surface area contributed by atoms with Gasteiger partial charge in [-0.1, -0.05) is 35.9 Å². The molecule has 7 heteroatoms. The minimum atomic E-state index is -0.981. The number of hydrogen-bond acceptors (Lipinski definition) is 3. The zero-order valence-electron chi connectivity index (χ0n) is 14.5. The van der Waals surface area contributed by atoms with Crippen LogP contribution in [-0.2, 0) is 16.0 Å². The molecular weight excluding hydrogens is 368 g/mol. The van der Waals surface area contributed by atoms with Crippen molar-refractivity contribution in [3.63, 3.8) is 0 Å². The van der Waals surface area contributed by atoms with Crippen molar-refractivity contribution in [1.82, 2.24) is 5.32 Å². The summed E-state index contributed by atoms with van der Waals surface area (Å²) in [6.07, 6.45) is 0.660. The number of para-hydroxylation sites is 1. The number of halogens is 1. The van der Waals surface area contributed by atoms with Gasteiger partial charge in [-0.3, -0.25) is 9.59 Å². The summed E-state index contributed by atoms with van der Waals surface area (Å²) >= 11 is 6.15. The molecule has 0 aromatic heterocycles. The van der Waals surface area contributed by atoms with Crippen LogP contribution in [0.2, 0.25) is 5.02 Å². The zero-order valence-corrected chi connectivity index (χ0v) is 15.3.